The molecule has 2 amide bonds. The molecule has 1 heterocycles. The number of carbonyl (C=O) groups is 2. The summed E-state index contributed by atoms with van der Waals surface area (Å²) >= 11 is 0. The summed E-state index contributed by atoms with van der Waals surface area (Å²) in [6, 6.07) is 10.6. The van der Waals surface area contributed by atoms with Crippen molar-refractivity contribution in [1.29, 1.82) is 0 Å². The van der Waals surface area contributed by atoms with Crippen LogP contribution >= 0.6 is 0 Å². The van der Waals surface area contributed by atoms with Crippen LogP contribution in [0.4, 0.5) is 0 Å². The van der Waals surface area contributed by atoms with Crippen molar-refractivity contribution in [2.24, 2.45) is 17.1 Å². The minimum atomic E-state index is -1.06. The molecule has 1 aliphatic carbocycles. The first kappa shape index (κ1) is 30.1. The number of amides is 2. The van der Waals surface area contributed by atoms with Crippen molar-refractivity contribution in [2.45, 2.75) is 70.9 Å². The smallest absolute Gasteiger partial charge is 0.244 e. The van der Waals surface area contributed by atoms with Gasteiger partial charge in [-0.15, -0.1) is 0 Å². The molecule has 1 fully saturated rings. The molecule has 0 bridgehead atoms. The number of primary amides is 1. The first-order valence-electron chi connectivity index (χ1n) is 14.4. The molecule has 1 aromatic rings. The molecule has 3 rings (SSSR count). The quantitative estimate of drug-likeness (QED) is 0.306. The Kier molecular flexibility index (Phi) is 11.6. The van der Waals surface area contributed by atoms with Gasteiger partial charge < -0.3 is 26.0 Å². The highest BCUT2D eigenvalue weighted by molar-refractivity contribution is 5.95. The molecular weight excluding hydrogens is 476 g/mol. The molecule has 38 heavy (non-hydrogen) atoms. The Balaban J connectivity index is 1.91. The van der Waals surface area contributed by atoms with Gasteiger partial charge in [-0.1, -0.05) is 62.4 Å². The summed E-state index contributed by atoms with van der Waals surface area (Å²) in [5.74, 6) is -0.984. The molecule has 7 nitrogen and oxygen atoms in total. The van der Waals surface area contributed by atoms with Crippen molar-refractivity contribution in [2.75, 3.05) is 39.8 Å². The largest absolute Gasteiger partial charge is 0.391 e. The third-order valence-electron chi connectivity index (χ3n) is 8.27. The topological polar surface area (TPSA) is 98.9 Å². The van der Waals surface area contributed by atoms with Gasteiger partial charge >= 0.3 is 0 Å². The Morgan fingerprint density at radius 2 is 1.92 bits per heavy atom. The van der Waals surface area contributed by atoms with Crippen LogP contribution in [0.1, 0.15) is 57.9 Å². The second-order valence-corrected chi connectivity index (χ2v) is 11.1. The van der Waals surface area contributed by atoms with Crippen LogP contribution in [0.15, 0.2) is 54.1 Å². The zero-order valence-electron chi connectivity index (χ0n) is 23.6. The highest BCUT2D eigenvalue weighted by Crippen LogP contribution is 2.44. The number of nitrogens with one attached hydrogen (secondary N) is 1. The maximum Gasteiger partial charge on any atom is 0.244 e. The maximum atomic E-state index is 14.4. The van der Waals surface area contributed by atoms with Crippen LogP contribution < -0.4 is 11.1 Å². The van der Waals surface area contributed by atoms with Crippen LogP contribution in [0.25, 0.3) is 0 Å². The first-order valence-corrected chi connectivity index (χ1v) is 14.4. The monoisotopic (exact) mass is 524 g/mol. The van der Waals surface area contributed by atoms with Gasteiger partial charge in [0.1, 0.15) is 0 Å². The fourth-order valence-electron chi connectivity index (χ4n) is 6.18. The lowest BCUT2D eigenvalue weighted by Crippen LogP contribution is -2.54. The van der Waals surface area contributed by atoms with E-state index in [1.807, 2.05) is 41.3 Å². The average Bonchev–Trinajstić information content (AvgIpc) is 3.34. The minimum Gasteiger partial charge on any atom is -0.391 e. The molecule has 4 atom stereocenters. The molecule has 2 unspecified atom stereocenters. The van der Waals surface area contributed by atoms with Gasteiger partial charge in [0, 0.05) is 37.2 Å². The molecule has 0 radical (unpaired) electrons. The van der Waals surface area contributed by atoms with Gasteiger partial charge in [0.25, 0.3) is 0 Å². The highest BCUT2D eigenvalue weighted by atomic mass is 16.3. The Morgan fingerprint density at radius 3 is 2.53 bits per heavy atom. The predicted molar refractivity (Wildman–Crippen MR) is 153 cm³/mol. The van der Waals surface area contributed by atoms with E-state index in [1.54, 1.807) is 12.2 Å². The molecule has 0 aromatic heterocycles. The number of hydrogen-bond donors (Lipinski definition) is 3. The van der Waals surface area contributed by atoms with Gasteiger partial charge in [-0.2, -0.15) is 0 Å². The van der Waals surface area contributed by atoms with Crippen LogP contribution in [-0.2, 0) is 16.0 Å². The SMILES string of the molecule is CCCN(CCC)C(=O)C1([C@H](Cc2ccccc2)[C@@H](O)CNCCC2CCCN2C)C=CC=C(C(N)=O)C1. The van der Waals surface area contributed by atoms with E-state index in [-0.39, 0.29) is 12.3 Å². The summed E-state index contributed by atoms with van der Waals surface area (Å²) in [6.07, 6.45) is 10.5. The Hall–Kier alpha value is -2.48. The van der Waals surface area contributed by atoms with Crippen LogP contribution in [0.3, 0.4) is 0 Å². The van der Waals surface area contributed by atoms with Crippen LogP contribution in [0, 0.1) is 11.3 Å². The summed E-state index contributed by atoms with van der Waals surface area (Å²) in [5.41, 5.74) is 6.15. The van der Waals surface area contributed by atoms with E-state index in [1.165, 1.54) is 12.8 Å². The third-order valence-corrected chi connectivity index (χ3v) is 8.27. The normalized spacial score (nSPS) is 23.2. The summed E-state index contributed by atoms with van der Waals surface area (Å²) in [7, 11) is 2.18. The Labute approximate surface area is 229 Å². The summed E-state index contributed by atoms with van der Waals surface area (Å²) in [5, 5.41) is 15.2. The number of rotatable bonds is 15. The molecule has 0 saturated carbocycles. The summed E-state index contributed by atoms with van der Waals surface area (Å²) < 4.78 is 0. The number of hydrogen-bond acceptors (Lipinski definition) is 5. The maximum absolute atomic E-state index is 14.4. The lowest BCUT2D eigenvalue weighted by molar-refractivity contribution is -0.145. The second-order valence-electron chi connectivity index (χ2n) is 11.1. The number of nitrogens with two attached hydrogens (primary N) is 1. The molecule has 2 aliphatic rings. The lowest BCUT2D eigenvalue weighted by Gasteiger charge is -2.44. The van der Waals surface area contributed by atoms with Gasteiger partial charge in [0.15, 0.2) is 0 Å². The molecule has 1 saturated heterocycles. The fourth-order valence-corrected chi connectivity index (χ4v) is 6.18. The van der Waals surface area contributed by atoms with Gasteiger partial charge in [-0.05, 0) is 70.6 Å². The lowest BCUT2D eigenvalue weighted by atomic mass is 9.64. The molecule has 1 aliphatic heterocycles. The number of aliphatic hydroxyl groups is 1. The Bertz CT molecular complexity index is 957. The molecule has 1 aromatic carbocycles. The number of carbonyl (C=O) groups excluding carboxylic acids is 2. The van der Waals surface area contributed by atoms with Crippen LogP contribution in [0.5, 0.6) is 0 Å². The number of aliphatic hydroxyl groups excluding tert-OH is 1. The average molecular weight is 525 g/mol. The van der Waals surface area contributed by atoms with E-state index in [2.05, 4.69) is 31.1 Å². The van der Waals surface area contributed by atoms with Gasteiger partial charge in [-0.3, -0.25) is 9.59 Å². The van der Waals surface area contributed by atoms with E-state index in [0.717, 1.165) is 37.9 Å². The highest BCUT2D eigenvalue weighted by Gasteiger charge is 2.49. The molecule has 210 valence electrons. The summed E-state index contributed by atoms with van der Waals surface area (Å²) in [6.45, 7) is 7.74. The van der Waals surface area contributed by atoms with E-state index >= 15 is 0 Å². The first-order chi connectivity index (χ1) is 18.3. The number of likely N-dealkylation sites (tertiary alicyclic amines) is 1. The van der Waals surface area contributed by atoms with E-state index in [0.29, 0.717) is 37.7 Å². The van der Waals surface area contributed by atoms with E-state index in [9.17, 15) is 14.7 Å². The van der Waals surface area contributed by atoms with Crippen molar-refractivity contribution in [3.8, 4) is 0 Å². The van der Waals surface area contributed by atoms with Crippen LogP contribution in [0.2, 0.25) is 0 Å². The van der Waals surface area contributed by atoms with Crippen molar-refractivity contribution < 1.29 is 14.7 Å². The molecule has 0 spiro atoms. The summed E-state index contributed by atoms with van der Waals surface area (Å²) in [4.78, 5) is 31.0. The van der Waals surface area contributed by atoms with Crippen molar-refractivity contribution in [3.05, 3.63) is 59.7 Å². The van der Waals surface area contributed by atoms with Crippen LogP contribution in [-0.4, -0.2) is 78.6 Å². The number of allylic oxidation sites excluding steroid dienone is 2. The van der Waals surface area contributed by atoms with Gasteiger partial charge in [0.05, 0.1) is 11.5 Å². The molecule has 7 heteroatoms. The standard InChI is InChI=1S/C31H48N4O3/c1-4-18-35(19-5-2)30(38)31(16-9-13-25(22-31)29(32)37)27(21-24-11-7-6-8-12-24)28(36)23-33-17-15-26-14-10-20-34(26)3/h6-9,11-13,16,26-28,33,36H,4-5,10,14-15,17-23H2,1-3H3,(H2,32,37)/t26?,27-,28+,31?/m1/s1. The van der Waals surface area contributed by atoms with Gasteiger partial charge in [-0.25, -0.2) is 0 Å². The molecular formula is C31H48N4O3. The van der Waals surface area contributed by atoms with E-state index < -0.39 is 23.3 Å². The number of benzene rings is 1. The Morgan fingerprint density at radius 1 is 1.21 bits per heavy atom. The fraction of sp³-hybridized carbons (Fsp3) is 0.613. The van der Waals surface area contributed by atoms with Crippen molar-refractivity contribution in [3.63, 3.8) is 0 Å². The zero-order chi connectivity index (χ0) is 27.5. The van der Waals surface area contributed by atoms with Gasteiger partial charge in [0.2, 0.25) is 11.8 Å². The zero-order valence-corrected chi connectivity index (χ0v) is 23.6. The van der Waals surface area contributed by atoms with Crippen molar-refractivity contribution in [1.82, 2.24) is 15.1 Å². The minimum absolute atomic E-state index is 0.0307. The van der Waals surface area contributed by atoms with E-state index in [4.69, 9.17) is 5.73 Å². The number of nitrogens with zero attached hydrogens (tertiary/aromatic N) is 2. The predicted octanol–water partition coefficient (Wildman–Crippen LogP) is 3.29. The second kappa shape index (κ2) is 14.6. The molecule has 4 N–H and O–H groups in total. The third kappa shape index (κ3) is 7.55. The van der Waals surface area contributed by atoms with Crippen molar-refractivity contribution >= 4 is 11.8 Å².